The van der Waals surface area contributed by atoms with Crippen molar-refractivity contribution in [3.63, 3.8) is 0 Å². The third kappa shape index (κ3) is 3.07. The largest absolute Gasteiger partial charge is 0.486 e. The molecular formula is C21H23NO4S. The molecule has 2 aliphatic heterocycles. The third-order valence-electron chi connectivity index (χ3n) is 5.79. The SMILES string of the molecule is Cc1ccc2c(c1C)OC1(CCN(S(=O)(=O)c3ccccc3)CC1)CC2=O. The zero-order valence-corrected chi connectivity index (χ0v) is 16.4. The van der Waals surface area contributed by atoms with Crippen LogP contribution in [0.2, 0.25) is 0 Å². The van der Waals surface area contributed by atoms with Gasteiger partial charge < -0.3 is 4.74 Å². The predicted molar refractivity (Wildman–Crippen MR) is 103 cm³/mol. The number of hydrogen-bond donors (Lipinski definition) is 0. The van der Waals surface area contributed by atoms with Crippen LogP contribution in [0.4, 0.5) is 0 Å². The molecule has 0 amide bonds. The molecule has 4 rings (SSSR count). The van der Waals surface area contributed by atoms with Gasteiger partial charge in [0, 0.05) is 25.9 Å². The molecule has 0 bridgehead atoms. The summed E-state index contributed by atoms with van der Waals surface area (Å²) >= 11 is 0. The minimum Gasteiger partial charge on any atom is -0.486 e. The first-order valence-corrected chi connectivity index (χ1v) is 10.6. The third-order valence-corrected chi connectivity index (χ3v) is 7.71. The molecule has 2 aromatic rings. The van der Waals surface area contributed by atoms with Crippen LogP contribution in [0, 0.1) is 13.8 Å². The number of ether oxygens (including phenoxy) is 1. The number of nitrogens with zero attached hydrogens (tertiary/aromatic N) is 1. The van der Waals surface area contributed by atoms with Gasteiger partial charge in [-0.2, -0.15) is 4.31 Å². The van der Waals surface area contributed by atoms with E-state index in [4.69, 9.17) is 4.74 Å². The van der Waals surface area contributed by atoms with Gasteiger partial charge in [0.15, 0.2) is 5.78 Å². The fraction of sp³-hybridized carbons (Fsp3) is 0.381. The van der Waals surface area contributed by atoms with Crippen LogP contribution in [0.1, 0.15) is 40.7 Å². The summed E-state index contributed by atoms with van der Waals surface area (Å²) in [5.41, 5.74) is 2.11. The van der Waals surface area contributed by atoms with Crippen molar-refractivity contribution in [2.24, 2.45) is 0 Å². The molecule has 6 heteroatoms. The number of hydrogen-bond acceptors (Lipinski definition) is 4. The quantitative estimate of drug-likeness (QED) is 0.794. The van der Waals surface area contributed by atoms with Crippen molar-refractivity contribution in [3.05, 3.63) is 59.2 Å². The van der Waals surface area contributed by atoms with Crippen molar-refractivity contribution in [3.8, 4) is 5.75 Å². The van der Waals surface area contributed by atoms with Gasteiger partial charge in [0.1, 0.15) is 11.4 Å². The second-order valence-electron chi connectivity index (χ2n) is 7.49. The molecule has 1 saturated heterocycles. The van der Waals surface area contributed by atoms with Crippen LogP contribution in [0.5, 0.6) is 5.75 Å². The Kier molecular flexibility index (Phi) is 4.35. The van der Waals surface area contributed by atoms with E-state index in [-0.39, 0.29) is 5.78 Å². The molecule has 142 valence electrons. The lowest BCUT2D eigenvalue weighted by Crippen LogP contribution is -2.52. The van der Waals surface area contributed by atoms with Gasteiger partial charge in [-0.25, -0.2) is 8.42 Å². The zero-order chi connectivity index (χ0) is 19.2. The minimum absolute atomic E-state index is 0.0821. The molecule has 0 saturated carbocycles. The monoisotopic (exact) mass is 385 g/mol. The normalized spacial score (nSPS) is 19.6. The van der Waals surface area contributed by atoms with Crippen LogP contribution >= 0.6 is 0 Å². The van der Waals surface area contributed by atoms with Crippen LogP contribution in [-0.2, 0) is 10.0 Å². The number of piperidine rings is 1. The number of Topliss-reactive ketones (excluding diaryl/α,β-unsaturated/α-hetero) is 1. The fourth-order valence-corrected chi connectivity index (χ4v) is 5.40. The predicted octanol–water partition coefficient (Wildman–Crippen LogP) is 3.49. The molecule has 0 aliphatic carbocycles. The molecular weight excluding hydrogens is 362 g/mol. The number of carbonyl (C=O) groups is 1. The van der Waals surface area contributed by atoms with Gasteiger partial charge in [-0.1, -0.05) is 24.3 Å². The second kappa shape index (κ2) is 6.46. The van der Waals surface area contributed by atoms with Crippen molar-refractivity contribution >= 4 is 15.8 Å². The number of fused-ring (bicyclic) bond motifs is 1. The van der Waals surface area contributed by atoms with Crippen molar-refractivity contribution in [2.75, 3.05) is 13.1 Å². The first kappa shape index (κ1) is 18.2. The Morgan fingerprint density at radius 1 is 1.00 bits per heavy atom. The van der Waals surface area contributed by atoms with Gasteiger partial charge in [0.2, 0.25) is 10.0 Å². The lowest BCUT2D eigenvalue weighted by Gasteiger charge is -2.44. The van der Waals surface area contributed by atoms with Gasteiger partial charge in [-0.15, -0.1) is 0 Å². The van der Waals surface area contributed by atoms with Crippen molar-refractivity contribution < 1.29 is 17.9 Å². The molecule has 0 unspecified atom stereocenters. The minimum atomic E-state index is -3.51. The Morgan fingerprint density at radius 3 is 2.33 bits per heavy atom. The van der Waals surface area contributed by atoms with E-state index in [9.17, 15) is 13.2 Å². The average molecular weight is 385 g/mol. The Balaban J connectivity index is 1.57. The smallest absolute Gasteiger partial charge is 0.243 e. The van der Waals surface area contributed by atoms with E-state index in [0.717, 1.165) is 11.1 Å². The molecule has 1 fully saturated rings. The Hall–Kier alpha value is -2.18. The molecule has 2 aromatic carbocycles. The first-order valence-electron chi connectivity index (χ1n) is 9.20. The van der Waals surface area contributed by atoms with E-state index in [0.29, 0.717) is 48.6 Å². The zero-order valence-electron chi connectivity index (χ0n) is 15.6. The summed E-state index contributed by atoms with van der Waals surface area (Å²) < 4.78 is 33.5. The molecule has 0 atom stereocenters. The second-order valence-corrected chi connectivity index (χ2v) is 9.42. The standard InChI is InChI=1S/C21H23NO4S/c1-15-8-9-18-19(23)14-21(26-20(18)16(15)2)10-12-22(13-11-21)27(24,25)17-6-4-3-5-7-17/h3-9H,10-14H2,1-2H3. The Morgan fingerprint density at radius 2 is 1.67 bits per heavy atom. The van der Waals surface area contributed by atoms with Crippen molar-refractivity contribution in [2.45, 2.75) is 43.6 Å². The molecule has 5 nitrogen and oxygen atoms in total. The van der Waals surface area contributed by atoms with Gasteiger partial charge >= 0.3 is 0 Å². The Bertz CT molecular complexity index is 990. The maximum absolute atomic E-state index is 12.8. The summed E-state index contributed by atoms with van der Waals surface area (Å²) in [5, 5.41) is 0. The first-order chi connectivity index (χ1) is 12.8. The van der Waals surface area contributed by atoms with Crippen LogP contribution in [0.25, 0.3) is 0 Å². The van der Waals surface area contributed by atoms with Gasteiger partial charge in [0.25, 0.3) is 0 Å². The van der Waals surface area contributed by atoms with E-state index in [1.54, 1.807) is 30.3 Å². The number of aryl methyl sites for hydroxylation is 1. The van der Waals surface area contributed by atoms with Crippen molar-refractivity contribution in [1.29, 1.82) is 0 Å². The highest BCUT2D eigenvalue weighted by Crippen LogP contribution is 2.42. The highest BCUT2D eigenvalue weighted by molar-refractivity contribution is 7.89. The number of carbonyl (C=O) groups excluding carboxylic acids is 1. The fourth-order valence-electron chi connectivity index (χ4n) is 3.94. The lowest BCUT2D eigenvalue weighted by molar-refractivity contribution is 0.00532. The van der Waals surface area contributed by atoms with Crippen molar-refractivity contribution in [1.82, 2.24) is 4.31 Å². The summed E-state index contributed by atoms with van der Waals surface area (Å²) in [6, 6.07) is 12.3. The topological polar surface area (TPSA) is 63.7 Å². The number of ketones is 1. The maximum atomic E-state index is 12.8. The molecule has 0 aromatic heterocycles. The molecule has 2 aliphatic rings. The molecule has 1 spiro atoms. The average Bonchev–Trinajstić information content (AvgIpc) is 2.66. The molecule has 2 heterocycles. The summed E-state index contributed by atoms with van der Waals surface area (Å²) in [6.07, 6.45) is 1.33. The van der Waals surface area contributed by atoms with E-state index in [1.165, 1.54) is 4.31 Å². The highest BCUT2D eigenvalue weighted by atomic mass is 32.2. The number of rotatable bonds is 2. The Labute approximate surface area is 160 Å². The van der Waals surface area contributed by atoms with Crippen LogP contribution in [0.3, 0.4) is 0 Å². The molecule has 27 heavy (non-hydrogen) atoms. The highest BCUT2D eigenvalue weighted by Gasteiger charge is 2.45. The van der Waals surface area contributed by atoms with Crippen LogP contribution in [-0.4, -0.2) is 37.2 Å². The van der Waals surface area contributed by atoms with Gasteiger partial charge in [-0.3, -0.25) is 4.79 Å². The van der Waals surface area contributed by atoms with E-state index >= 15 is 0 Å². The summed E-state index contributed by atoms with van der Waals surface area (Å²) in [7, 11) is -3.51. The lowest BCUT2D eigenvalue weighted by atomic mass is 9.82. The summed E-state index contributed by atoms with van der Waals surface area (Å²) in [6.45, 7) is 4.67. The molecule has 0 N–H and O–H groups in total. The van der Waals surface area contributed by atoms with Gasteiger partial charge in [-0.05, 0) is 43.2 Å². The summed E-state index contributed by atoms with van der Waals surface area (Å²) in [5.74, 6) is 0.754. The maximum Gasteiger partial charge on any atom is 0.243 e. The van der Waals surface area contributed by atoms with Crippen LogP contribution < -0.4 is 4.74 Å². The number of sulfonamides is 1. The van der Waals surface area contributed by atoms with Crippen LogP contribution in [0.15, 0.2) is 47.4 Å². The van der Waals surface area contributed by atoms with E-state index in [1.807, 2.05) is 26.0 Å². The molecule has 0 radical (unpaired) electrons. The van der Waals surface area contributed by atoms with E-state index < -0.39 is 15.6 Å². The number of benzene rings is 2. The summed E-state index contributed by atoms with van der Waals surface area (Å²) in [4.78, 5) is 13.0. The van der Waals surface area contributed by atoms with Gasteiger partial charge in [0.05, 0.1) is 16.9 Å². The van der Waals surface area contributed by atoms with E-state index in [2.05, 4.69) is 0 Å².